The lowest BCUT2D eigenvalue weighted by Crippen LogP contribution is -2.82. The molecule has 0 aromatic rings. The van der Waals surface area contributed by atoms with Crippen LogP contribution in [0.5, 0.6) is 0 Å². The Hall–Kier alpha value is -1.14. The summed E-state index contributed by atoms with van der Waals surface area (Å²) in [6.45, 7) is 5.68. The molecule has 22 heavy (non-hydrogen) atoms. The molecule has 6 nitrogen and oxygen atoms in total. The monoisotopic (exact) mass is 312 g/mol. The largest absolute Gasteiger partial charge is 0.543 e. The second-order valence-electron chi connectivity index (χ2n) is 7.34. The zero-order valence-electron chi connectivity index (χ0n) is 13.3. The van der Waals surface area contributed by atoms with Crippen molar-refractivity contribution in [3.63, 3.8) is 0 Å². The van der Waals surface area contributed by atoms with E-state index in [0.29, 0.717) is 0 Å². The van der Waals surface area contributed by atoms with Crippen molar-refractivity contribution in [2.24, 2.45) is 10.8 Å². The first-order valence-corrected chi connectivity index (χ1v) is 8.53. The molecule has 2 saturated carbocycles. The third-order valence-corrected chi connectivity index (χ3v) is 5.91. The lowest BCUT2D eigenvalue weighted by molar-refractivity contribution is -0.642. The minimum atomic E-state index is -2.19. The van der Waals surface area contributed by atoms with E-state index in [2.05, 4.69) is 10.6 Å². The second kappa shape index (κ2) is 7.42. The number of hydrogen-bond donors (Lipinski definition) is 2. The number of carbonyl (C=O) groups excluding carboxylic acids is 2. The molecule has 126 valence electrons. The molecular formula is C16H28N2O4. The van der Waals surface area contributed by atoms with Crippen LogP contribution in [0.4, 0.5) is 0 Å². The van der Waals surface area contributed by atoms with Crippen LogP contribution in [0, 0.1) is 10.8 Å². The van der Waals surface area contributed by atoms with E-state index in [4.69, 9.17) is 19.8 Å². The zero-order valence-corrected chi connectivity index (χ0v) is 13.3. The highest BCUT2D eigenvalue weighted by atomic mass is 16.4. The van der Waals surface area contributed by atoms with Gasteiger partial charge in [0.1, 0.15) is 0 Å². The molecule has 0 amide bonds. The van der Waals surface area contributed by atoms with Crippen molar-refractivity contribution in [3.05, 3.63) is 0 Å². The number of quaternary nitrogens is 2. The van der Waals surface area contributed by atoms with Crippen LogP contribution in [0.2, 0.25) is 0 Å². The van der Waals surface area contributed by atoms with E-state index in [9.17, 15) is 0 Å². The van der Waals surface area contributed by atoms with E-state index < -0.39 is 11.9 Å². The average molecular weight is 312 g/mol. The first-order valence-electron chi connectivity index (χ1n) is 8.53. The van der Waals surface area contributed by atoms with Gasteiger partial charge < -0.3 is 30.4 Å². The van der Waals surface area contributed by atoms with Gasteiger partial charge in [-0.3, -0.25) is 0 Å². The van der Waals surface area contributed by atoms with Gasteiger partial charge in [-0.1, -0.05) is 12.8 Å². The van der Waals surface area contributed by atoms with Crippen molar-refractivity contribution in [2.75, 3.05) is 26.2 Å². The van der Waals surface area contributed by atoms with Crippen LogP contribution >= 0.6 is 0 Å². The van der Waals surface area contributed by atoms with Crippen LogP contribution < -0.4 is 20.8 Å². The maximum Gasteiger partial charge on any atom is 0.0870 e. The fourth-order valence-electron chi connectivity index (χ4n) is 4.10. The molecule has 4 fully saturated rings. The summed E-state index contributed by atoms with van der Waals surface area (Å²) in [6.07, 6.45) is 12.2. The van der Waals surface area contributed by atoms with Crippen LogP contribution in [-0.2, 0) is 9.59 Å². The van der Waals surface area contributed by atoms with Crippen molar-refractivity contribution in [1.82, 2.24) is 0 Å². The summed E-state index contributed by atoms with van der Waals surface area (Å²) in [4.78, 5) is 17.9. The Morgan fingerprint density at radius 2 is 1.05 bits per heavy atom. The van der Waals surface area contributed by atoms with E-state index in [1.54, 1.807) is 0 Å². The summed E-state index contributed by atoms with van der Waals surface area (Å²) in [5.41, 5.74) is 1.72. The molecule has 4 aliphatic rings. The highest BCUT2D eigenvalue weighted by Crippen LogP contribution is 2.44. The van der Waals surface area contributed by atoms with Gasteiger partial charge in [0.15, 0.2) is 0 Å². The molecule has 6 heteroatoms. The molecule has 2 aliphatic heterocycles. The second-order valence-corrected chi connectivity index (χ2v) is 7.34. The molecule has 2 aliphatic carbocycles. The summed E-state index contributed by atoms with van der Waals surface area (Å²) >= 11 is 0. The van der Waals surface area contributed by atoms with E-state index in [-0.39, 0.29) is 0 Å². The van der Waals surface area contributed by atoms with Gasteiger partial charge in [-0.25, -0.2) is 0 Å². The predicted octanol–water partition coefficient (Wildman–Crippen LogP) is -3.27. The minimum Gasteiger partial charge on any atom is -0.543 e. The van der Waals surface area contributed by atoms with Gasteiger partial charge in [0.25, 0.3) is 0 Å². The van der Waals surface area contributed by atoms with Gasteiger partial charge in [-0.2, -0.15) is 0 Å². The summed E-state index contributed by atoms with van der Waals surface area (Å²) in [6, 6.07) is 0. The van der Waals surface area contributed by atoms with E-state index >= 15 is 0 Å². The normalized spacial score (nSPS) is 26.0. The Morgan fingerprint density at radius 1 is 0.682 bits per heavy atom. The van der Waals surface area contributed by atoms with Crippen LogP contribution in [-0.4, -0.2) is 38.1 Å². The first-order chi connectivity index (χ1) is 10.5. The number of rotatable bonds is 0. The number of nitrogens with two attached hydrogens (primary N) is 2. The Labute approximate surface area is 131 Å². The highest BCUT2D eigenvalue weighted by Gasteiger charge is 2.42. The molecule has 0 unspecified atom stereocenters. The standard InChI is InChI=1S/2C7H13N.C2H2O4/c2*1-2-7(3-1)4-5-8-6-7;3-1(4)2(5)6/h2*8H,1-6H2;(H,3,4)(H,5,6). The lowest BCUT2D eigenvalue weighted by atomic mass is 9.68. The first kappa shape index (κ1) is 17.2. The Morgan fingerprint density at radius 3 is 1.14 bits per heavy atom. The van der Waals surface area contributed by atoms with E-state index in [1.165, 1.54) is 77.5 Å². The minimum absolute atomic E-state index is 0.861. The molecular weight excluding hydrogens is 284 g/mol. The molecule has 4 rings (SSSR count). The third kappa shape index (κ3) is 4.43. The van der Waals surface area contributed by atoms with Crippen molar-refractivity contribution in [3.8, 4) is 0 Å². The lowest BCUT2D eigenvalue weighted by Gasteiger charge is -2.34. The molecule has 0 bridgehead atoms. The molecule has 0 radical (unpaired) electrons. The van der Waals surface area contributed by atoms with Gasteiger partial charge in [-0.05, 0) is 25.7 Å². The van der Waals surface area contributed by atoms with Crippen LogP contribution in [0.25, 0.3) is 0 Å². The quantitative estimate of drug-likeness (QED) is 0.457. The van der Waals surface area contributed by atoms with Gasteiger partial charge >= 0.3 is 0 Å². The van der Waals surface area contributed by atoms with Gasteiger partial charge in [0.2, 0.25) is 0 Å². The number of carbonyl (C=O) groups is 2. The molecule has 2 heterocycles. The Balaban J connectivity index is 0.000000123. The third-order valence-electron chi connectivity index (χ3n) is 5.91. The molecule has 2 spiro atoms. The molecule has 2 saturated heterocycles. The summed E-state index contributed by atoms with van der Waals surface area (Å²) < 4.78 is 0. The highest BCUT2D eigenvalue weighted by molar-refractivity contribution is 6.25. The SMILES string of the molecule is C1CC2(C1)CC[NH2+]C2.C1CC2(C1)CC[NH2+]C2.O=C([O-])C(=O)[O-]. The van der Waals surface area contributed by atoms with Crippen molar-refractivity contribution >= 4 is 11.9 Å². The van der Waals surface area contributed by atoms with Gasteiger partial charge in [-0.15, -0.1) is 0 Å². The molecule has 0 aromatic carbocycles. The molecule has 4 N–H and O–H groups in total. The van der Waals surface area contributed by atoms with Crippen molar-refractivity contribution in [2.45, 2.75) is 51.4 Å². The van der Waals surface area contributed by atoms with Crippen LogP contribution in [0.3, 0.4) is 0 Å². The fraction of sp³-hybridized carbons (Fsp3) is 0.875. The molecule has 0 atom stereocenters. The average Bonchev–Trinajstić information content (AvgIpc) is 3.08. The van der Waals surface area contributed by atoms with E-state index in [0.717, 1.165) is 10.8 Å². The van der Waals surface area contributed by atoms with Gasteiger partial charge in [0.05, 0.1) is 38.1 Å². The smallest absolute Gasteiger partial charge is 0.0870 e. The predicted molar refractivity (Wildman–Crippen MR) is 75.1 cm³/mol. The van der Waals surface area contributed by atoms with Crippen molar-refractivity contribution in [1.29, 1.82) is 0 Å². The number of hydrogen-bond acceptors (Lipinski definition) is 4. The Bertz CT molecular complexity index is 349. The maximum atomic E-state index is 8.93. The van der Waals surface area contributed by atoms with E-state index in [1.807, 2.05) is 0 Å². The summed E-state index contributed by atoms with van der Waals surface area (Å²) in [5, 5.41) is 22.8. The number of aliphatic carboxylic acids is 2. The zero-order chi connectivity index (χ0) is 16.1. The molecule has 0 aromatic heterocycles. The van der Waals surface area contributed by atoms with Crippen LogP contribution in [0.15, 0.2) is 0 Å². The van der Waals surface area contributed by atoms with Gasteiger partial charge in [0, 0.05) is 23.7 Å². The summed E-state index contributed by atoms with van der Waals surface area (Å²) in [5.74, 6) is -4.37. The number of carboxylic acids is 2. The van der Waals surface area contributed by atoms with Crippen molar-refractivity contribution < 1.29 is 30.4 Å². The van der Waals surface area contributed by atoms with Crippen LogP contribution in [0.1, 0.15) is 51.4 Å². The fourth-order valence-corrected chi connectivity index (χ4v) is 4.10. The maximum absolute atomic E-state index is 8.93. The number of carboxylic acid groups (broad SMARTS) is 2. The summed E-state index contributed by atoms with van der Waals surface area (Å²) in [7, 11) is 0. The topological polar surface area (TPSA) is 113 Å². The Kier molecular flexibility index (Phi) is 5.81.